The molecule has 0 fully saturated rings. The van der Waals surface area contributed by atoms with E-state index in [2.05, 4.69) is 27.5 Å². The van der Waals surface area contributed by atoms with Crippen LogP contribution in [-0.2, 0) is 7.05 Å². The average molecular weight is 333 g/mol. The fraction of sp³-hybridized carbons (Fsp3) is 0.615. The normalized spacial score (nSPS) is 10.6. The first-order valence-electron chi connectivity index (χ1n) is 6.24. The first-order valence-corrected chi connectivity index (χ1v) is 8.43. The van der Waals surface area contributed by atoms with E-state index >= 15 is 0 Å². The number of hydrogen-bond donors (Lipinski definition) is 1. The predicted molar refractivity (Wildman–Crippen MR) is 82.3 cm³/mol. The molecule has 1 heterocycles. The molecule has 0 unspecified atom stereocenters. The van der Waals surface area contributed by atoms with Crippen LogP contribution in [0.4, 0.5) is 0 Å². The Bertz CT molecular complexity index is 379. The van der Waals surface area contributed by atoms with Crippen molar-refractivity contribution in [1.29, 1.82) is 0 Å². The van der Waals surface area contributed by atoms with E-state index < -0.39 is 0 Å². The van der Waals surface area contributed by atoms with Gasteiger partial charge in [-0.25, -0.2) is 0 Å². The summed E-state index contributed by atoms with van der Waals surface area (Å²) < 4.78 is 2.77. The molecule has 1 rings (SSSR count). The van der Waals surface area contributed by atoms with E-state index in [1.165, 1.54) is 25.0 Å². The molecule has 0 atom stereocenters. The van der Waals surface area contributed by atoms with Crippen molar-refractivity contribution in [3.05, 3.63) is 22.4 Å². The number of rotatable bonds is 8. The van der Waals surface area contributed by atoms with E-state index in [1.54, 1.807) is 0 Å². The summed E-state index contributed by atoms with van der Waals surface area (Å²) in [6, 6.07) is 1.84. The van der Waals surface area contributed by atoms with Crippen molar-refractivity contribution in [2.75, 3.05) is 18.6 Å². The van der Waals surface area contributed by atoms with Crippen LogP contribution in [0.3, 0.4) is 0 Å². The summed E-state index contributed by atoms with van der Waals surface area (Å²) >= 11 is 5.26. The minimum atomic E-state index is 0.00677. The molecular weight excluding hydrogens is 312 g/mol. The molecule has 0 bridgehead atoms. The fourth-order valence-electron chi connectivity index (χ4n) is 1.77. The van der Waals surface area contributed by atoms with Gasteiger partial charge < -0.3 is 9.88 Å². The van der Waals surface area contributed by atoms with Crippen molar-refractivity contribution in [2.45, 2.75) is 25.7 Å². The summed E-state index contributed by atoms with van der Waals surface area (Å²) in [7, 11) is 1.88. The lowest BCUT2D eigenvalue weighted by molar-refractivity contribution is 0.0945. The second kappa shape index (κ2) is 8.64. The third-order valence-corrected chi connectivity index (χ3v) is 3.90. The highest BCUT2D eigenvalue weighted by molar-refractivity contribution is 9.10. The lowest BCUT2D eigenvalue weighted by atomic mass is 10.2. The van der Waals surface area contributed by atoms with Crippen LogP contribution in [-0.4, -0.2) is 29.0 Å². The highest BCUT2D eigenvalue weighted by Crippen LogP contribution is 2.13. The van der Waals surface area contributed by atoms with Crippen LogP contribution in [0.2, 0.25) is 0 Å². The number of nitrogens with zero attached hydrogens (tertiary/aromatic N) is 1. The van der Waals surface area contributed by atoms with Gasteiger partial charge in [-0.15, -0.1) is 0 Å². The number of aromatic nitrogens is 1. The van der Waals surface area contributed by atoms with E-state index in [4.69, 9.17) is 0 Å². The van der Waals surface area contributed by atoms with Crippen LogP contribution in [0.25, 0.3) is 0 Å². The number of amides is 1. The van der Waals surface area contributed by atoms with Gasteiger partial charge in [-0.3, -0.25) is 4.79 Å². The largest absolute Gasteiger partial charge is 0.351 e. The molecule has 18 heavy (non-hydrogen) atoms. The lowest BCUT2D eigenvalue weighted by Crippen LogP contribution is -2.26. The van der Waals surface area contributed by atoms with E-state index in [-0.39, 0.29) is 5.91 Å². The molecule has 1 N–H and O–H groups in total. The number of carbonyl (C=O) groups is 1. The Morgan fingerprint density at radius 3 is 2.72 bits per heavy atom. The molecule has 0 aliphatic carbocycles. The van der Waals surface area contributed by atoms with Crippen molar-refractivity contribution >= 4 is 33.6 Å². The topological polar surface area (TPSA) is 34.0 Å². The van der Waals surface area contributed by atoms with Gasteiger partial charge in [0.25, 0.3) is 5.91 Å². The smallest absolute Gasteiger partial charge is 0.267 e. The van der Waals surface area contributed by atoms with E-state index in [0.29, 0.717) is 5.69 Å². The second-order valence-electron chi connectivity index (χ2n) is 4.32. The Balaban J connectivity index is 2.16. The second-order valence-corrected chi connectivity index (χ2v) is 6.22. The summed E-state index contributed by atoms with van der Waals surface area (Å²) in [6.45, 7) is 0.765. The SMILES string of the molecule is CSCCCCCCNC(=O)c1cc(Br)cn1C. The highest BCUT2D eigenvalue weighted by Gasteiger charge is 2.09. The molecule has 1 aromatic rings. The number of hydrogen-bond acceptors (Lipinski definition) is 2. The minimum absolute atomic E-state index is 0.00677. The predicted octanol–water partition coefficient (Wildman–Crippen LogP) is 3.44. The molecule has 102 valence electrons. The number of aryl methyl sites for hydroxylation is 1. The summed E-state index contributed by atoms with van der Waals surface area (Å²) in [5.74, 6) is 1.25. The zero-order valence-corrected chi connectivity index (χ0v) is 13.4. The molecule has 0 saturated heterocycles. The number of nitrogens with one attached hydrogen (secondary N) is 1. The van der Waals surface area contributed by atoms with Crippen molar-refractivity contribution in [3.8, 4) is 0 Å². The van der Waals surface area contributed by atoms with Crippen LogP contribution in [0.15, 0.2) is 16.7 Å². The third-order valence-electron chi connectivity index (χ3n) is 2.77. The first-order chi connectivity index (χ1) is 8.65. The minimum Gasteiger partial charge on any atom is -0.351 e. The lowest BCUT2D eigenvalue weighted by Gasteiger charge is -2.05. The van der Waals surface area contributed by atoms with Gasteiger partial charge in [0.1, 0.15) is 5.69 Å². The van der Waals surface area contributed by atoms with E-state index in [9.17, 15) is 4.79 Å². The zero-order chi connectivity index (χ0) is 13.4. The summed E-state index contributed by atoms with van der Waals surface area (Å²) in [6.07, 6.45) is 8.81. The van der Waals surface area contributed by atoms with Gasteiger partial charge in [-0.05, 0) is 46.8 Å². The number of thioether (sulfide) groups is 1. The molecule has 5 heteroatoms. The number of unbranched alkanes of at least 4 members (excludes halogenated alkanes) is 3. The average Bonchev–Trinajstić information content (AvgIpc) is 2.67. The summed E-state index contributed by atoms with van der Waals surface area (Å²) in [5, 5.41) is 2.96. The van der Waals surface area contributed by atoms with Gasteiger partial charge in [0, 0.05) is 24.3 Å². The first kappa shape index (κ1) is 15.6. The maximum Gasteiger partial charge on any atom is 0.267 e. The van der Waals surface area contributed by atoms with Crippen LogP contribution in [0.5, 0.6) is 0 Å². The molecule has 0 spiro atoms. The highest BCUT2D eigenvalue weighted by atomic mass is 79.9. The van der Waals surface area contributed by atoms with Crippen LogP contribution < -0.4 is 5.32 Å². The number of carbonyl (C=O) groups excluding carboxylic acids is 1. The Morgan fingerprint density at radius 1 is 1.39 bits per heavy atom. The zero-order valence-electron chi connectivity index (χ0n) is 11.0. The summed E-state index contributed by atoms with van der Waals surface area (Å²) in [4.78, 5) is 11.9. The maximum absolute atomic E-state index is 11.9. The fourth-order valence-corrected chi connectivity index (χ4v) is 2.78. The van der Waals surface area contributed by atoms with Gasteiger partial charge in [-0.1, -0.05) is 12.8 Å². The van der Waals surface area contributed by atoms with Crippen molar-refractivity contribution < 1.29 is 4.79 Å². The molecule has 0 aliphatic rings. The monoisotopic (exact) mass is 332 g/mol. The van der Waals surface area contributed by atoms with Crippen molar-refractivity contribution in [1.82, 2.24) is 9.88 Å². The van der Waals surface area contributed by atoms with Crippen molar-refractivity contribution in [3.63, 3.8) is 0 Å². The molecule has 0 radical (unpaired) electrons. The summed E-state index contributed by atoms with van der Waals surface area (Å²) in [5.41, 5.74) is 0.698. The molecule has 1 amide bonds. The van der Waals surface area contributed by atoms with Gasteiger partial charge in [0.05, 0.1) is 0 Å². The van der Waals surface area contributed by atoms with Gasteiger partial charge in [-0.2, -0.15) is 11.8 Å². The Morgan fingerprint density at radius 2 is 2.11 bits per heavy atom. The molecule has 0 aliphatic heterocycles. The van der Waals surface area contributed by atoms with E-state index in [1.807, 2.05) is 35.6 Å². The molecular formula is C13H21BrN2OS. The van der Waals surface area contributed by atoms with Gasteiger partial charge in [0.15, 0.2) is 0 Å². The van der Waals surface area contributed by atoms with Crippen LogP contribution in [0, 0.1) is 0 Å². The molecule has 3 nitrogen and oxygen atoms in total. The Labute approximate surface area is 122 Å². The van der Waals surface area contributed by atoms with Crippen LogP contribution >= 0.6 is 27.7 Å². The molecule has 0 saturated carbocycles. The standard InChI is InChI=1S/C13H21BrN2OS/c1-16-10-11(14)9-12(16)13(17)15-7-5-3-4-6-8-18-2/h9-10H,3-8H2,1-2H3,(H,15,17). The van der Waals surface area contributed by atoms with E-state index in [0.717, 1.165) is 17.4 Å². The van der Waals surface area contributed by atoms with Crippen LogP contribution in [0.1, 0.15) is 36.2 Å². The Hall–Kier alpha value is -0.420. The quantitative estimate of drug-likeness (QED) is 0.740. The van der Waals surface area contributed by atoms with Gasteiger partial charge >= 0.3 is 0 Å². The third kappa shape index (κ3) is 5.48. The maximum atomic E-state index is 11.9. The molecule has 0 aromatic carbocycles. The molecule has 1 aromatic heterocycles. The number of halogens is 1. The van der Waals surface area contributed by atoms with Crippen molar-refractivity contribution in [2.24, 2.45) is 7.05 Å². The van der Waals surface area contributed by atoms with Gasteiger partial charge in [0.2, 0.25) is 0 Å². The Kier molecular flexibility index (Phi) is 7.51.